The summed E-state index contributed by atoms with van der Waals surface area (Å²) in [4.78, 5) is 24.5. The molecule has 0 spiro atoms. The van der Waals surface area contributed by atoms with E-state index in [0.717, 1.165) is 16.7 Å². The van der Waals surface area contributed by atoms with Crippen molar-refractivity contribution in [1.82, 2.24) is 10.9 Å². The zero-order valence-electron chi connectivity index (χ0n) is 16.3. The molecule has 0 radical (unpaired) electrons. The van der Waals surface area contributed by atoms with Gasteiger partial charge in [-0.15, -0.1) is 0 Å². The lowest BCUT2D eigenvalue weighted by atomic mass is 10.0. The fraction of sp³-hybridized carbons (Fsp3) is 0.130. The highest BCUT2D eigenvalue weighted by atomic mass is 16.5. The first-order chi connectivity index (χ1) is 14.1. The number of hydrogen-bond acceptors (Lipinski definition) is 4. The topological polar surface area (TPSA) is 76.7 Å². The second-order valence-corrected chi connectivity index (χ2v) is 6.34. The number of amides is 2. The Balaban J connectivity index is 1.56. The van der Waals surface area contributed by atoms with Crippen molar-refractivity contribution >= 4 is 11.8 Å². The van der Waals surface area contributed by atoms with Crippen LogP contribution in [-0.4, -0.2) is 26.0 Å². The van der Waals surface area contributed by atoms with E-state index in [-0.39, 0.29) is 12.3 Å². The van der Waals surface area contributed by atoms with Gasteiger partial charge in [-0.3, -0.25) is 20.4 Å². The quantitative estimate of drug-likeness (QED) is 0.633. The molecule has 0 aliphatic rings. The third kappa shape index (κ3) is 5.35. The first-order valence-corrected chi connectivity index (χ1v) is 9.05. The molecule has 0 bridgehead atoms. The van der Waals surface area contributed by atoms with Gasteiger partial charge in [-0.2, -0.15) is 0 Å². The predicted molar refractivity (Wildman–Crippen MR) is 111 cm³/mol. The average molecular weight is 390 g/mol. The minimum atomic E-state index is -0.463. The summed E-state index contributed by atoms with van der Waals surface area (Å²) in [5.41, 5.74) is 8.19. The van der Waals surface area contributed by atoms with Crippen molar-refractivity contribution in [1.29, 1.82) is 0 Å². The van der Waals surface area contributed by atoms with Crippen LogP contribution < -0.4 is 20.3 Å². The molecule has 2 amide bonds. The minimum absolute atomic E-state index is 0.150. The lowest BCUT2D eigenvalue weighted by Gasteiger charge is -2.10. The zero-order valence-corrected chi connectivity index (χ0v) is 16.3. The van der Waals surface area contributed by atoms with Gasteiger partial charge < -0.3 is 9.47 Å². The maximum Gasteiger partial charge on any atom is 0.269 e. The third-order valence-electron chi connectivity index (χ3n) is 4.35. The first kappa shape index (κ1) is 19.9. The van der Waals surface area contributed by atoms with Gasteiger partial charge in [-0.05, 0) is 28.8 Å². The minimum Gasteiger partial charge on any atom is -0.497 e. The molecule has 6 nitrogen and oxygen atoms in total. The van der Waals surface area contributed by atoms with Gasteiger partial charge in [-0.1, -0.05) is 54.6 Å². The molecular formula is C23H22N2O4. The number of methoxy groups -OCH3 is 2. The maximum atomic E-state index is 12.3. The number of benzene rings is 3. The monoisotopic (exact) mass is 390 g/mol. The maximum absolute atomic E-state index is 12.3. The number of hydrogen-bond donors (Lipinski definition) is 2. The van der Waals surface area contributed by atoms with E-state index < -0.39 is 5.91 Å². The first-order valence-electron chi connectivity index (χ1n) is 9.05. The zero-order chi connectivity index (χ0) is 20.6. The van der Waals surface area contributed by atoms with Crippen LogP contribution in [0.1, 0.15) is 15.9 Å². The number of rotatable bonds is 6. The highest BCUT2D eigenvalue weighted by molar-refractivity contribution is 5.96. The Hall–Kier alpha value is -3.80. The summed E-state index contributed by atoms with van der Waals surface area (Å²) >= 11 is 0. The van der Waals surface area contributed by atoms with Crippen LogP contribution in [0.4, 0.5) is 0 Å². The summed E-state index contributed by atoms with van der Waals surface area (Å²) in [5, 5.41) is 0. The van der Waals surface area contributed by atoms with Crippen molar-refractivity contribution in [2.24, 2.45) is 0 Å². The van der Waals surface area contributed by atoms with Gasteiger partial charge in [0.15, 0.2) is 0 Å². The Kier molecular flexibility index (Phi) is 6.47. The van der Waals surface area contributed by atoms with Crippen LogP contribution in [0, 0.1) is 0 Å². The van der Waals surface area contributed by atoms with Crippen LogP contribution in [0.15, 0.2) is 72.8 Å². The second-order valence-electron chi connectivity index (χ2n) is 6.34. The van der Waals surface area contributed by atoms with E-state index in [4.69, 9.17) is 9.47 Å². The molecule has 3 aromatic rings. The van der Waals surface area contributed by atoms with Crippen LogP contribution in [0.2, 0.25) is 0 Å². The average Bonchev–Trinajstić information content (AvgIpc) is 2.78. The molecular weight excluding hydrogens is 368 g/mol. The molecule has 0 aromatic heterocycles. The SMILES string of the molecule is COc1cc(OC)cc(C(=O)NNC(=O)Cc2ccc(-c3ccccc3)cc2)c1. The Morgan fingerprint density at radius 3 is 1.93 bits per heavy atom. The normalized spacial score (nSPS) is 10.1. The molecule has 0 fully saturated rings. The molecule has 3 rings (SSSR count). The Morgan fingerprint density at radius 1 is 0.759 bits per heavy atom. The van der Waals surface area contributed by atoms with Crippen LogP contribution in [0.25, 0.3) is 11.1 Å². The van der Waals surface area contributed by atoms with E-state index in [0.29, 0.717) is 17.1 Å². The fourth-order valence-electron chi connectivity index (χ4n) is 2.81. The molecule has 0 saturated heterocycles. The predicted octanol–water partition coefficient (Wildman–Crippen LogP) is 3.37. The Labute approximate surface area is 169 Å². The van der Waals surface area contributed by atoms with Gasteiger partial charge in [0.1, 0.15) is 11.5 Å². The molecule has 6 heteroatoms. The summed E-state index contributed by atoms with van der Waals surface area (Å²) in [6, 6.07) is 22.5. The third-order valence-corrected chi connectivity index (χ3v) is 4.35. The van der Waals surface area contributed by atoms with E-state index in [9.17, 15) is 9.59 Å². The van der Waals surface area contributed by atoms with Crippen LogP contribution in [0.3, 0.4) is 0 Å². The van der Waals surface area contributed by atoms with Gasteiger partial charge in [-0.25, -0.2) is 0 Å². The van der Waals surface area contributed by atoms with Crippen molar-refractivity contribution in [2.45, 2.75) is 6.42 Å². The van der Waals surface area contributed by atoms with Crippen molar-refractivity contribution in [3.63, 3.8) is 0 Å². The van der Waals surface area contributed by atoms with Crippen LogP contribution in [-0.2, 0) is 11.2 Å². The molecule has 0 atom stereocenters. The molecule has 0 unspecified atom stereocenters. The molecule has 2 N–H and O–H groups in total. The Morgan fingerprint density at radius 2 is 1.34 bits per heavy atom. The second kappa shape index (κ2) is 9.41. The van der Waals surface area contributed by atoms with Crippen molar-refractivity contribution in [3.05, 3.63) is 83.9 Å². The number of carbonyl (C=O) groups excluding carboxylic acids is 2. The summed E-state index contributed by atoms with van der Waals surface area (Å²) in [6.07, 6.45) is 0.150. The molecule has 0 saturated carbocycles. The number of hydrazine groups is 1. The standard InChI is InChI=1S/C23H22N2O4/c1-28-20-13-19(14-21(15-20)29-2)23(27)25-24-22(26)12-16-8-10-18(11-9-16)17-6-4-3-5-7-17/h3-11,13-15H,12H2,1-2H3,(H,24,26)(H,25,27). The summed E-state index contributed by atoms with van der Waals surface area (Å²) < 4.78 is 10.3. The molecule has 0 heterocycles. The van der Waals surface area contributed by atoms with Crippen molar-refractivity contribution in [3.8, 4) is 22.6 Å². The van der Waals surface area contributed by atoms with Gasteiger partial charge >= 0.3 is 0 Å². The van der Waals surface area contributed by atoms with Crippen LogP contribution >= 0.6 is 0 Å². The van der Waals surface area contributed by atoms with Gasteiger partial charge in [0.2, 0.25) is 5.91 Å². The molecule has 0 aliphatic heterocycles. The molecule has 148 valence electrons. The number of ether oxygens (including phenoxy) is 2. The van der Waals surface area contributed by atoms with Gasteiger partial charge in [0.05, 0.1) is 20.6 Å². The van der Waals surface area contributed by atoms with Crippen molar-refractivity contribution < 1.29 is 19.1 Å². The summed E-state index contributed by atoms with van der Waals surface area (Å²) in [7, 11) is 3.00. The Bertz CT molecular complexity index is 963. The molecule has 0 aliphatic carbocycles. The lowest BCUT2D eigenvalue weighted by Crippen LogP contribution is -2.42. The highest BCUT2D eigenvalue weighted by Crippen LogP contribution is 2.22. The fourth-order valence-corrected chi connectivity index (χ4v) is 2.81. The van der Waals surface area contributed by atoms with E-state index in [1.54, 1.807) is 18.2 Å². The number of carbonyl (C=O) groups is 2. The van der Waals surface area contributed by atoms with Gasteiger partial charge in [0.25, 0.3) is 5.91 Å². The van der Waals surface area contributed by atoms with Crippen molar-refractivity contribution in [2.75, 3.05) is 14.2 Å². The summed E-state index contributed by atoms with van der Waals surface area (Å²) in [5.74, 6) is 0.189. The summed E-state index contributed by atoms with van der Waals surface area (Å²) in [6.45, 7) is 0. The number of nitrogens with one attached hydrogen (secondary N) is 2. The molecule has 3 aromatic carbocycles. The smallest absolute Gasteiger partial charge is 0.269 e. The van der Waals surface area contributed by atoms with E-state index in [1.165, 1.54) is 14.2 Å². The van der Waals surface area contributed by atoms with Crippen LogP contribution in [0.5, 0.6) is 11.5 Å². The largest absolute Gasteiger partial charge is 0.497 e. The molecule has 29 heavy (non-hydrogen) atoms. The lowest BCUT2D eigenvalue weighted by molar-refractivity contribution is -0.121. The highest BCUT2D eigenvalue weighted by Gasteiger charge is 2.11. The van der Waals surface area contributed by atoms with E-state index in [1.807, 2.05) is 54.6 Å². The van der Waals surface area contributed by atoms with E-state index in [2.05, 4.69) is 10.9 Å². The van der Waals surface area contributed by atoms with E-state index >= 15 is 0 Å². The van der Waals surface area contributed by atoms with Gasteiger partial charge in [0, 0.05) is 11.6 Å².